The van der Waals surface area contributed by atoms with Crippen LogP contribution in [0.4, 0.5) is 13.2 Å². The first-order valence-corrected chi connectivity index (χ1v) is 12.2. The molecule has 2 saturated heterocycles. The van der Waals surface area contributed by atoms with Gasteiger partial charge in [-0.3, -0.25) is 4.18 Å². The number of ether oxygens (including phenoxy) is 1. The molecule has 0 atom stereocenters. The zero-order valence-electron chi connectivity index (χ0n) is 17.7. The van der Waals surface area contributed by atoms with Crippen molar-refractivity contribution in [2.24, 2.45) is 5.41 Å². The number of aromatic nitrogens is 2. The smallest absolute Gasteiger partial charge is 0.366 e. The number of halogens is 3. The van der Waals surface area contributed by atoms with E-state index in [2.05, 4.69) is 4.98 Å². The minimum atomic E-state index is -4.50. The largest absolute Gasteiger partial charge is 0.434 e. The van der Waals surface area contributed by atoms with Gasteiger partial charge in [-0.1, -0.05) is 17.7 Å². The summed E-state index contributed by atoms with van der Waals surface area (Å²) in [6, 6.07) is 6.50. The van der Waals surface area contributed by atoms with Crippen LogP contribution in [-0.2, 0) is 30.8 Å². The second-order valence-corrected chi connectivity index (χ2v) is 11.0. The summed E-state index contributed by atoms with van der Waals surface area (Å²) in [5.41, 5.74) is -1.26. The van der Waals surface area contributed by atoms with E-state index < -0.39 is 33.0 Å². The standard InChI is InChI=1S/C22H25F3N2O4S/c1-15-2-6-17(7-3-15)32(28,29)31-14-20-8-10-21(11-9-20,30-13-20)19-26-18(22(23,24)25)12-27(19)16-4-5-16/h2-3,6-7,12,16H,4-5,8-11,13-14H2,1H3. The maximum atomic E-state index is 13.3. The molecule has 2 aromatic rings. The Morgan fingerprint density at radius 2 is 1.81 bits per heavy atom. The molecule has 6 nitrogen and oxygen atoms in total. The number of imidazole rings is 1. The summed E-state index contributed by atoms with van der Waals surface area (Å²) in [6.45, 7) is 2.09. The van der Waals surface area contributed by atoms with Gasteiger partial charge in [0.05, 0.1) is 18.1 Å². The van der Waals surface area contributed by atoms with Crippen molar-refractivity contribution >= 4 is 10.1 Å². The maximum Gasteiger partial charge on any atom is 0.434 e. The fraction of sp³-hybridized carbons (Fsp3) is 0.591. The van der Waals surface area contributed by atoms with Crippen molar-refractivity contribution in [3.05, 3.63) is 47.5 Å². The van der Waals surface area contributed by atoms with E-state index in [-0.39, 0.29) is 24.2 Å². The third-order valence-corrected chi connectivity index (χ3v) is 8.25. The van der Waals surface area contributed by atoms with E-state index in [9.17, 15) is 21.6 Å². The summed E-state index contributed by atoms with van der Waals surface area (Å²) in [5.74, 6) is 0.355. The molecule has 4 fully saturated rings. The lowest BCUT2D eigenvalue weighted by atomic mass is 9.66. The number of hydrogen-bond acceptors (Lipinski definition) is 5. The van der Waals surface area contributed by atoms with E-state index in [1.54, 1.807) is 16.7 Å². The molecule has 32 heavy (non-hydrogen) atoms. The molecule has 2 bridgehead atoms. The van der Waals surface area contributed by atoms with Gasteiger partial charge >= 0.3 is 6.18 Å². The van der Waals surface area contributed by atoms with Crippen LogP contribution < -0.4 is 0 Å². The van der Waals surface area contributed by atoms with Gasteiger partial charge in [0.15, 0.2) is 5.69 Å². The van der Waals surface area contributed by atoms with Gasteiger partial charge in [0.1, 0.15) is 11.4 Å². The third kappa shape index (κ3) is 3.86. The quantitative estimate of drug-likeness (QED) is 0.571. The zero-order chi connectivity index (χ0) is 22.8. The summed E-state index contributed by atoms with van der Waals surface area (Å²) in [4.78, 5) is 4.08. The molecule has 0 radical (unpaired) electrons. The fourth-order valence-electron chi connectivity index (χ4n) is 4.71. The molecular weight excluding hydrogens is 445 g/mol. The van der Waals surface area contributed by atoms with Crippen molar-refractivity contribution in [1.82, 2.24) is 9.55 Å². The van der Waals surface area contributed by atoms with Crippen molar-refractivity contribution in [3.63, 3.8) is 0 Å². The molecular formula is C22H25F3N2O4S. The SMILES string of the molecule is Cc1ccc(S(=O)(=O)OCC23CCC(c4nc(C(F)(F)F)cn4C4CC4)(CC2)OC3)cc1. The first kappa shape index (κ1) is 21.9. The third-order valence-electron chi connectivity index (χ3n) is 6.97. The highest BCUT2D eigenvalue weighted by Gasteiger charge is 2.54. The Kier molecular flexibility index (Phi) is 5.00. The second kappa shape index (κ2) is 7.30. The van der Waals surface area contributed by atoms with Gasteiger partial charge in [0, 0.05) is 17.7 Å². The van der Waals surface area contributed by atoms with Crippen molar-refractivity contribution in [2.45, 2.75) is 68.2 Å². The number of benzene rings is 1. The van der Waals surface area contributed by atoms with Crippen LogP contribution in [0.3, 0.4) is 0 Å². The van der Waals surface area contributed by atoms with Gasteiger partial charge in [-0.05, 0) is 57.6 Å². The van der Waals surface area contributed by atoms with Crippen LogP contribution in [0.5, 0.6) is 0 Å². The monoisotopic (exact) mass is 470 g/mol. The van der Waals surface area contributed by atoms with Crippen molar-refractivity contribution in [2.75, 3.05) is 13.2 Å². The predicted molar refractivity (Wildman–Crippen MR) is 108 cm³/mol. The minimum absolute atomic E-state index is 0.00977. The number of fused-ring (bicyclic) bond motifs is 3. The molecule has 0 N–H and O–H groups in total. The molecule has 10 heteroatoms. The van der Waals surface area contributed by atoms with Crippen molar-refractivity contribution in [3.8, 4) is 0 Å². The predicted octanol–water partition coefficient (Wildman–Crippen LogP) is 4.74. The first-order valence-electron chi connectivity index (χ1n) is 10.8. The van der Waals surface area contributed by atoms with Crippen LogP contribution >= 0.6 is 0 Å². The Labute approximate surface area is 184 Å². The van der Waals surface area contributed by atoms with E-state index in [1.807, 2.05) is 6.92 Å². The highest BCUT2D eigenvalue weighted by atomic mass is 32.2. The van der Waals surface area contributed by atoms with Crippen molar-refractivity contribution in [1.29, 1.82) is 0 Å². The van der Waals surface area contributed by atoms with E-state index in [0.717, 1.165) is 24.6 Å². The summed E-state index contributed by atoms with van der Waals surface area (Å²) in [5, 5.41) is 0. The molecule has 174 valence electrons. The van der Waals surface area contributed by atoms with Crippen LogP contribution in [0.2, 0.25) is 0 Å². The molecule has 3 heterocycles. The number of nitrogens with zero attached hydrogens (tertiary/aromatic N) is 2. The number of alkyl halides is 3. The average molecular weight is 471 g/mol. The van der Waals surface area contributed by atoms with Gasteiger partial charge in [-0.15, -0.1) is 0 Å². The van der Waals surface area contributed by atoms with E-state index >= 15 is 0 Å². The molecule has 6 rings (SSSR count). The Morgan fingerprint density at radius 3 is 2.34 bits per heavy atom. The van der Waals surface area contributed by atoms with Gasteiger partial charge in [0.2, 0.25) is 0 Å². The maximum absolute atomic E-state index is 13.3. The van der Waals surface area contributed by atoms with Crippen LogP contribution in [0.25, 0.3) is 0 Å². The molecule has 0 spiro atoms. The normalized spacial score (nSPS) is 28.2. The summed E-state index contributed by atoms with van der Waals surface area (Å²) in [7, 11) is -3.89. The second-order valence-electron chi connectivity index (χ2n) is 9.40. The van der Waals surface area contributed by atoms with Crippen LogP contribution in [0.1, 0.15) is 61.6 Å². The number of aryl methyl sites for hydroxylation is 1. The van der Waals surface area contributed by atoms with Gasteiger partial charge in [-0.25, -0.2) is 4.98 Å². The molecule has 2 aliphatic carbocycles. The molecule has 2 aliphatic heterocycles. The minimum Gasteiger partial charge on any atom is -0.366 e. The van der Waals surface area contributed by atoms with Gasteiger partial charge in [0.25, 0.3) is 10.1 Å². The Balaban J connectivity index is 1.32. The number of hydrogen-bond donors (Lipinski definition) is 0. The van der Waals surface area contributed by atoms with Gasteiger partial charge in [-0.2, -0.15) is 21.6 Å². The van der Waals surface area contributed by atoms with Crippen molar-refractivity contribution < 1.29 is 30.5 Å². The highest BCUT2D eigenvalue weighted by Crippen LogP contribution is 2.55. The molecule has 1 aromatic heterocycles. The molecule has 0 unspecified atom stereocenters. The summed E-state index contributed by atoms with van der Waals surface area (Å²) < 4.78 is 78.3. The molecule has 2 saturated carbocycles. The lowest BCUT2D eigenvalue weighted by Crippen LogP contribution is -2.52. The topological polar surface area (TPSA) is 70.4 Å². The fourth-order valence-corrected chi connectivity index (χ4v) is 5.72. The van der Waals surface area contributed by atoms with Crippen LogP contribution in [0.15, 0.2) is 35.4 Å². The lowest BCUT2D eigenvalue weighted by Gasteiger charge is -2.52. The highest BCUT2D eigenvalue weighted by molar-refractivity contribution is 7.86. The first-order chi connectivity index (χ1) is 15.0. The molecule has 1 aromatic carbocycles. The average Bonchev–Trinajstić information content (AvgIpc) is 3.50. The Morgan fingerprint density at radius 1 is 1.16 bits per heavy atom. The van der Waals surface area contributed by atoms with E-state index in [0.29, 0.717) is 31.5 Å². The summed E-state index contributed by atoms with van der Waals surface area (Å²) in [6.07, 6.45) is 0.473. The molecule has 4 aliphatic rings. The molecule has 0 amide bonds. The Bertz CT molecular complexity index is 1100. The van der Waals surface area contributed by atoms with Crippen LogP contribution in [-0.4, -0.2) is 31.2 Å². The van der Waals surface area contributed by atoms with Gasteiger partial charge < -0.3 is 9.30 Å². The Hall–Kier alpha value is -1.91. The number of rotatable bonds is 6. The summed E-state index contributed by atoms with van der Waals surface area (Å²) >= 11 is 0. The van der Waals surface area contributed by atoms with E-state index in [1.165, 1.54) is 12.1 Å². The zero-order valence-corrected chi connectivity index (χ0v) is 18.5. The van der Waals surface area contributed by atoms with E-state index in [4.69, 9.17) is 8.92 Å². The lowest BCUT2D eigenvalue weighted by molar-refractivity contribution is -0.202. The van der Waals surface area contributed by atoms with Crippen LogP contribution in [0, 0.1) is 12.3 Å².